The van der Waals surface area contributed by atoms with Gasteiger partial charge in [0.1, 0.15) is 0 Å². The van der Waals surface area contributed by atoms with Gasteiger partial charge >= 0.3 is 0 Å². The normalized spacial score (nSPS) is 16.0. The van der Waals surface area contributed by atoms with E-state index in [0.29, 0.717) is 0 Å². The summed E-state index contributed by atoms with van der Waals surface area (Å²) in [7, 11) is 0. The number of rotatable bonds is 8. The topological polar surface area (TPSA) is 4.93 Å². The highest BCUT2D eigenvalue weighted by Crippen LogP contribution is 2.35. The van der Waals surface area contributed by atoms with Crippen LogP contribution in [-0.4, -0.2) is 4.57 Å². The van der Waals surface area contributed by atoms with Gasteiger partial charge in [-0.15, -0.1) is 0 Å². The molecule has 1 heterocycles. The van der Waals surface area contributed by atoms with E-state index in [4.69, 9.17) is 0 Å². The highest BCUT2D eigenvalue weighted by Gasteiger charge is 2.16. The number of aryl methyl sites for hydroxylation is 2. The van der Waals surface area contributed by atoms with Crippen molar-refractivity contribution in [2.75, 3.05) is 0 Å². The van der Waals surface area contributed by atoms with Gasteiger partial charge in [-0.2, -0.15) is 0 Å². The second-order valence-electron chi connectivity index (χ2n) is 9.55. The monoisotopic (exact) mass is 447 g/mol. The fraction of sp³-hybridized carbons (Fsp3) is 0.273. The summed E-state index contributed by atoms with van der Waals surface area (Å²) >= 11 is 0. The van der Waals surface area contributed by atoms with Gasteiger partial charge in [0.15, 0.2) is 0 Å². The van der Waals surface area contributed by atoms with E-state index >= 15 is 0 Å². The van der Waals surface area contributed by atoms with Crippen LogP contribution in [0.4, 0.5) is 0 Å². The van der Waals surface area contributed by atoms with Crippen molar-refractivity contribution in [2.24, 2.45) is 5.92 Å². The van der Waals surface area contributed by atoms with Crippen molar-refractivity contribution in [2.45, 2.75) is 53.5 Å². The van der Waals surface area contributed by atoms with Gasteiger partial charge < -0.3 is 4.57 Å². The van der Waals surface area contributed by atoms with Gasteiger partial charge in [0.05, 0.1) is 0 Å². The van der Waals surface area contributed by atoms with Crippen LogP contribution in [0.25, 0.3) is 22.3 Å². The minimum Gasteiger partial charge on any atom is -0.354 e. The summed E-state index contributed by atoms with van der Waals surface area (Å²) in [4.78, 5) is 0. The SMILES string of the molecule is C=C(c1cccc(C2=CCC(C)C2)c1)c1cc(-c2cn(CC)cc2C/C=C\C=C\C)ccc1C. The summed E-state index contributed by atoms with van der Waals surface area (Å²) in [6.07, 6.45) is 18.8. The molecule has 174 valence electrons. The van der Waals surface area contributed by atoms with Crippen molar-refractivity contribution in [1.29, 1.82) is 0 Å². The quantitative estimate of drug-likeness (QED) is 0.304. The van der Waals surface area contributed by atoms with E-state index in [1.807, 2.05) is 6.92 Å². The third-order valence-corrected chi connectivity index (χ3v) is 6.90. The lowest BCUT2D eigenvalue weighted by atomic mass is 9.90. The third kappa shape index (κ3) is 5.25. The second-order valence-corrected chi connectivity index (χ2v) is 9.55. The Bertz CT molecular complexity index is 1260. The van der Waals surface area contributed by atoms with Crippen LogP contribution in [0.5, 0.6) is 0 Å². The molecular weight excluding hydrogens is 410 g/mol. The Hall–Kier alpha value is -3.32. The van der Waals surface area contributed by atoms with E-state index in [1.54, 1.807) is 0 Å². The number of aromatic nitrogens is 1. The molecule has 1 aliphatic rings. The maximum absolute atomic E-state index is 4.54. The molecule has 1 aliphatic carbocycles. The molecular formula is C33H37N. The molecule has 3 aromatic rings. The molecule has 0 bridgehead atoms. The molecule has 0 saturated heterocycles. The summed E-state index contributed by atoms with van der Waals surface area (Å²) in [5.74, 6) is 0.748. The summed E-state index contributed by atoms with van der Waals surface area (Å²) in [5, 5.41) is 0. The van der Waals surface area contributed by atoms with Gasteiger partial charge in [-0.3, -0.25) is 0 Å². The van der Waals surface area contributed by atoms with Gasteiger partial charge in [-0.05, 0) is 103 Å². The first-order valence-corrected chi connectivity index (χ1v) is 12.6. The minimum atomic E-state index is 0.748. The summed E-state index contributed by atoms with van der Waals surface area (Å²) in [6, 6.07) is 15.8. The molecule has 0 aliphatic heterocycles. The van der Waals surface area contributed by atoms with Crippen LogP contribution in [0.2, 0.25) is 0 Å². The summed E-state index contributed by atoms with van der Waals surface area (Å²) in [6.45, 7) is 14.3. The Balaban J connectivity index is 1.67. The van der Waals surface area contributed by atoms with Crippen molar-refractivity contribution in [3.63, 3.8) is 0 Å². The first-order chi connectivity index (χ1) is 16.5. The number of hydrogen-bond acceptors (Lipinski definition) is 0. The van der Waals surface area contributed by atoms with E-state index in [9.17, 15) is 0 Å². The van der Waals surface area contributed by atoms with Gasteiger partial charge in [0.2, 0.25) is 0 Å². The highest BCUT2D eigenvalue weighted by molar-refractivity contribution is 5.84. The fourth-order valence-electron chi connectivity index (χ4n) is 4.84. The Morgan fingerprint density at radius 2 is 1.94 bits per heavy atom. The van der Waals surface area contributed by atoms with Crippen molar-refractivity contribution in [3.05, 3.63) is 120 Å². The van der Waals surface area contributed by atoms with E-state index in [2.05, 4.69) is 117 Å². The van der Waals surface area contributed by atoms with E-state index in [1.165, 1.54) is 57.4 Å². The Labute approximate surface area is 205 Å². The third-order valence-electron chi connectivity index (χ3n) is 6.90. The number of hydrogen-bond donors (Lipinski definition) is 0. The molecule has 4 rings (SSSR count). The number of benzene rings is 2. The molecule has 0 N–H and O–H groups in total. The molecule has 0 radical (unpaired) electrons. The molecule has 34 heavy (non-hydrogen) atoms. The lowest BCUT2D eigenvalue weighted by molar-refractivity contribution is 0.642. The Morgan fingerprint density at radius 3 is 2.68 bits per heavy atom. The van der Waals surface area contributed by atoms with Crippen LogP contribution in [-0.2, 0) is 13.0 Å². The molecule has 1 unspecified atom stereocenters. The van der Waals surface area contributed by atoms with Crippen LogP contribution in [0, 0.1) is 12.8 Å². The lowest BCUT2D eigenvalue weighted by Gasteiger charge is -2.14. The van der Waals surface area contributed by atoms with Gasteiger partial charge in [0, 0.05) is 24.5 Å². The zero-order valence-electron chi connectivity index (χ0n) is 21.1. The highest BCUT2D eigenvalue weighted by atomic mass is 14.9. The second kappa shape index (κ2) is 10.7. The van der Waals surface area contributed by atoms with Crippen molar-refractivity contribution in [1.82, 2.24) is 4.57 Å². The van der Waals surface area contributed by atoms with E-state index < -0.39 is 0 Å². The van der Waals surface area contributed by atoms with Crippen molar-refractivity contribution < 1.29 is 0 Å². The predicted molar refractivity (Wildman–Crippen MR) is 149 cm³/mol. The zero-order valence-corrected chi connectivity index (χ0v) is 21.1. The summed E-state index contributed by atoms with van der Waals surface area (Å²) in [5.41, 5.74) is 11.5. The molecule has 2 aromatic carbocycles. The average molecular weight is 448 g/mol. The van der Waals surface area contributed by atoms with Crippen LogP contribution < -0.4 is 0 Å². The zero-order chi connectivity index (χ0) is 24.1. The average Bonchev–Trinajstić information content (AvgIpc) is 3.48. The fourth-order valence-corrected chi connectivity index (χ4v) is 4.84. The lowest BCUT2D eigenvalue weighted by Crippen LogP contribution is -1.94. The van der Waals surface area contributed by atoms with Crippen molar-refractivity contribution in [3.8, 4) is 11.1 Å². The maximum atomic E-state index is 4.54. The molecule has 1 aromatic heterocycles. The molecule has 0 saturated carbocycles. The predicted octanol–water partition coefficient (Wildman–Crippen LogP) is 9.03. The van der Waals surface area contributed by atoms with Gasteiger partial charge in [-0.1, -0.05) is 74.2 Å². The van der Waals surface area contributed by atoms with Gasteiger partial charge in [0.25, 0.3) is 0 Å². The Morgan fingerprint density at radius 1 is 1.09 bits per heavy atom. The van der Waals surface area contributed by atoms with E-state index in [-0.39, 0.29) is 0 Å². The van der Waals surface area contributed by atoms with Crippen LogP contribution in [0.3, 0.4) is 0 Å². The van der Waals surface area contributed by atoms with Gasteiger partial charge in [-0.25, -0.2) is 0 Å². The number of nitrogens with zero attached hydrogens (tertiary/aromatic N) is 1. The van der Waals surface area contributed by atoms with Crippen LogP contribution in [0.1, 0.15) is 61.4 Å². The molecule has 1 atom stereocenters. The smallest absolute Gasteiger partial charge is 0.0191 e. The Kier molecular flexibility index (Phi) is 7.53. The molecule has 0 fully saturated rings. The van der Waals surface area contributed by atoms with Crippen LogP contribution in [0.15, 0.2) is 91.8 Å². The molecule has 1 heteroatoms. The maximum Gasteiger partial charge on any atom is 0.0191 e. The van der Waals surface area contributed by atoms with E-state index in [0.717, 1.165) is 24.5 Å². The molecule has 0 spiro atoms. The minimum absolute atomic E-state index is 0.748. The first kappa shape index (κ1) is 23.8. The summed E-state index contributed by atoms with van der Waals surface area (Å²) < 4.78 is 2.28. The number of allylic oxidation sites excluding steroid dienone is 6. The standard InChI is InChI=1S/C33H37N/c1-6-8-9-10-12-31-22-34(7-2)23-33(31)30-18-16-25(4)32(21-30)26(5)27-13-11-14-28(20-27)29-17-15-24(3)19-29/h6,8-11,13-14,16-18,20-24H,5,7,12,15,19H2,1-4H3/b8-6+,10-9-. The van der Waals surface area contributed by atoms with Crippen LogP contribution >= 0.6 is 0 Å². The molecule has 1 nitrogen and oxygen atoms in total. The largest absolute Gasteiger partial charge is 0.354 e. The first-order valence-electron chi connectivity index (χ1n) is 12.6. The van der Waals surface area contributed by atoms with Crippen molar-refractivity contribution >= 4 is 11.1 Å². The molecule has 0 amide bonds.